The second-order valence-corrected chi connectivity index (χ2v) is 4.86. The van der Waals surface area contributed by atoms with Crippen LogP contribution in [0.2, 0.25) is 0 Å². The molecule has 1 unspecified atom stereocenters. The Bertz CT molecular complexity index is 315. The minimum atomic E-state index is 0.657. The monoisotopic (exact) mass is 222 g/mol. The van der Waals surface area contributed by atoms with Crippen LogP contribution in [0.3, 0.4) is 0 Å². The molecule has 1 fully saturated rings. The molecule has 4 nitrogen and oxygen atoms in total. The highest BCUT2D eigenvalue weighted by atomic mass is 15.4. The van der Waals surface area contributed by atoms with E-state index in [1.807, 2.05) is 13.2 Å². The van der Waals surface area contributed by atoms with Gasteiger partial charge in [0.05, 0.1) is 5.69 Å². The van der Waals surface area contributed by atoms with Crippen LogP contribution in [-0.4, -0.2) is 28.1 Å². The molecule has 2 rings (SSSR count). The van der Waals surface area contributed by atoms with Crippen molar-refractivity contribution in [2.45, 2.75) is 44.6 Å². The van der Waals surface area contributed by atoms with Crippen molar-refractivity contribution in [1.82, 2.24) is 20.3 Å². The first-order valence-electron chi connectivity index (χ1n) is 6.32. The zero-order valence-electron chi connectivity index (χ0n) is 10.3. The van der Waals surface area contributed by atoms with Crippen LogP contribution < -0.4 is 5.32 Å². The molecule has 1 aromatic heterocycles. The zero-order valence-corrected chi connectivity index (χ0v) is 10.3. The molecule has 0 aliphatic heterocycles. The van der Waals surface area contributed by atoms with Gasteiger partial charge >= 0.3 is 0 Å². The van der Waals surface area contributed by atoms with Gasteiger partial charge in [-0.2, -0.15) is 0 Å². The van der Waals surface area contributed by atoms with E-state index in [4.69, 9.17) is 0 Å². The molecule has 16 heavy (non-hydrogen) atoms. The van der Waals surface area contributed by atoms with Gasteiger partial charge in [0, 0.05) is 19.3 Å². The van der Waals surface area contributed by atoms with Gasteiger partial charge < -0.3 is 5.32 Å². The number of nitrogens with zero attached hydrogens (tertiary/aromatic N) is 3. The molecule has 1 atom stereocenters. The lowest BCUT2D eigenvalue weighted by Crippen LogP contribution is -2.32. The number of hydrogen-bond donors (Lipinski definition) is 1. The third-order valence-electron chi connectivity index (χ3n) is 3.70. The van der Waals surface area contributed by atoms with Crippen LogP contribution in [0.5, 0.6) is 0 Å². The summed E-state index contributed by atoms with van der Waals surface area (Å²) >= 11 is 0. The third kappa shape index (κ3) is 2.82. The highest BCUT2D eigenvalue weighted by Gasteiger charge is 2.23. The van der Waals surface area contributed by atoms with Crippen LogP contribution in [0.25, 0.3) is 0 Å². The van der Waals surface area contributed by atoms with Gasteiger partial charge in [0.1, 0.15) is 0 Å². The maximum Gasteiger partial charge on any atom is 0.0827 e. The maximum atomic E-state index is 4.13. The lowest BCUT2D eigenvalue weighted by Gasteiger charge is -2.22. The fraction of sp³-hybridized carbons (Fsp3) is 0.833. The molecule has 0 aromatic carbocycles. The predicted octanol–water partition coefficient (Wildman–Crippen LogP) is 1.53. The van der Waals surface area contributed by atoms with Gasteiger partial charge in [-0.3, -0.25) is 4.68 Å². The summed E-state index contributed by atoms with van der Waals surface area (Å²) in [6, 6.07) is 0.657. The topological polar surface area (TPSA) is 42.7 Å². The van der Waals surface area contributed by atoms with Crippen molar-refractivity contribution in [1.29, 1.82) is 0 Å². The van der Waals surface area contributed by atoms with E-state index in [0.29, 0.717) is 6.04 Å². The maximum absolute atomic E-state index is 4.13. The second kappa shape index (κ2) is 5.43. The third-order valence-corrected chi connectivity index (χ3v) is 3.70. The fourth-order valence-corrected chi connectivity index (χ4v) is 2.79. The summed E-state index contributed by atoms with van der Waals surface area (Å²) in [5.74, 6) is 0.877. The molecule has 1 aromatic rings. The summed E-state index contributed by atoms with van der Waals surface area (Å²) in [5.41, 5.74) is 1.11. The van der Waals surface area contributed by atoms with E-state index in [0.717, 1.165) is 18.0 Å². The van der Waals surface area contributed by atoms with E-state index in [1.54, 1.807) is 4.68 Å². The van der Waals surface area contributed by atoms with Crippen molar-refractivity contribution < 1.29 is 0 Å². The molecule has 1 heterocycles. The fourth-order valence-electron chi connectivity index (χ4n) is 2.79. The Morgan fingerprint density at radius 2 is 2.25 bits per heavy atom. The first kappa shape index (κ1) is 11.6. The molecule has 0 radical (unpaired) electrons. The van der Waals surface area contributed by atoms with Gasteiger partial charge in [-0.15, -0.1) is 5.10 Å². The van der Waals surface area contributed by atoms with E-state index in [9.17, 15) is 0 Å². The van der Waals surface area contributed by atoms with E-state index in [1.165, 1.54) is 32.1 Å². The minimum absolute atomic E-state index is 0.657. The van der Waals surface area contributed by atoms with Crippen molar-refractivity contribution in [3.8, 4) is 0 Å². The SMILES string of the molecule is CNC(CCc1cn(C)nn1)C1CCCC1. The standard InChI is InChI=1S/C12H22N4/c1-13-12(10-5-3-4-6-10)8-7-11-9-16(2)15-14-11/h9-10,12-13H,3-8H2,1-2H3. The Balaban J connectivity index is 1.82. The second-order valence-electron chi connectivity index (χ2n) is 4.86. The molecule has 1 aliphatic rings. The molecule has 1 aliphatic carbocycles. The largest absolute Gasteiger partial charge is 0.317 e. The summed E-state index contributed by atoms with van der Waals surface area (Å²) < 4.78 is 1.78. The van der Waals surface area contributed by atoms with E-state index in [2.05, 4.69) is 22.7 Å². The molecule has 90 valence electrons. The van der Waals surface area contributed by atoms with Gasteiger partial charge in [-0.25, -0.2) is 0 Å². The number of nitrogens with one attached hydrogen (secondary N) is 1. The summed E-state index contributed by atoms with van der Waals surface area (Å²) in [7, 11) is 4.00. The van der Waals surface area contributed by atoms with E-state index < -0.39 is 0 Å². The Kier molecular flexibility index (Phi) is 3.93. The number of rotatable bonds is 5. The lowest BCUT2D eigenvalue weighted by atomic mass is 9.94. The van der Waals surface area contributed by atoms with Crippen LogP contribution in [-0.2, 0) is 13.5 Å². The minimum Gasteiger partial charge on any atom is -0.317 e. The van der Waals surface area contributed by atoms with Gasteiger partial charge in [0.2, 0.25) is 0 Å². The van der Waals surface area contributed by atoms with Crippen molar-refractivity contribution in [3.05, 3.63) is 11.9 Å². The van der Waals surface area contributed by atoms with E-state index >= 15 is 0 Å². The van der Waals surface area contributed by atoms with Gasteiger partial charge in [0.25, 0.3) is 0 Å². The zero-order chi connectivity index (χ0) is 11.4. The Labute approximate surface area is 97.4 Å². The van der Waals surface area contributed by atoms with Crippen molar-refractivity contribution in [3.63, 3.8) is 0 Å². The molecular weight excluding hydrogens is 200 g/mol. The normalized spacial score (nSPS) is 19.1. The summed E-state index contributed by atoms with van der Waals surface area (Å²) in [5, 5.41) is 11.6. The smallest absolute Gasteiger partial charge is 0.0827 e. The molecule has 0 saturated heterocycles. The van der Waals surface area contributed by atoms with Crippen molar-refractivity contribution in [2.75, 3.05) is 7.05 Å². The lowest BCUT2D eigenvalue weighted by molar-refractivity contribution is 0.359. The van der Waals surface area contributed by atoms with E-state index in [-0.39, 0.29) is 0 Å². The molecule has 4 heteroatoms. The summed E-state index contributed by atoms with van der Waals surface area (Å²) in [6.45, 7) is 0. The van der Waals surface area contributed by atoms with Gasteiger partial charge in [-0.1, -0.05) is 18.1 Å². The highest BCUT2D eigenvalue weighted by Crippen LogP contribution is 2.29. The van der Waals surface area contributed by atoms with Crippen LogP contribution in [0.4, 0.5) is 0 Å². The molecular formula is C12H22N4. The molecule has 1 saturated carbocycles. The predicted molar refractivity (Wildman–Crippen MR) is 64.1 cm³/mol. The Morgan fingerprint density at radius 3 is 2.81 bits per heavy atom. The number of hydrogen-bond acceptors (Lipinski definition) is 3. The Morgan fingerprint density at radius 1 is 1.50 bits per heavy atom. The highest BCUT2D eigenvalue weighted by molar-refractivity contribution is 4.94. The average Bonchev–Trinajstić information content (AvgIpc) is 2.91. The quantitative estimate of drug-likeness (QED) is 0.821. The first-order valence-corrected chi connectivity index (χ1v) is 6.32. The number of aromatic nitrogens is 3. The molecule has 0 bridgehead atoms. The van der Waals surface area contributed by atoms with Crippen LogP contribution in [0, 0.1) is 5.92 Å². The van der Waals surface area contributed by atoms with Crippen LogP contribution >= 0.6 is 0 Å². The number of aryl methyl sites for hydroxylation is 2. The summed E-state index contributed by atoms with van der Waals surface area (Å²) in [4.78, 5) is 0. The van der Waals surface area contributed by atoms with Crippen LogP contribution in [0.15, 0.2) is 6.20 Å². The average molecular weight is 222 g/mol. The van der Waals surface area contributed by atoms with Crippen molar-refractivity contribution >= 4 is 0 Å². The van der Waals surface area contributed by atoms with Crippen molar-refractivity contribution in [2.24, 2.45) is 13.0 Å². The first-order chi connectivity index (χ1) is 7.79. The Hall–Kier alpha value is -0.900. The molecule has 0 spiro atoms. The van der Waals surface area contributed by atoms with Gasteiger partial charge in [-0.05, 0) is 38.6 Å². The molecule has 0 amide bonds. The van der Waals surface area contributed by atoms with Gasteiger partial charge in [0.15, 0.2) is 0 Å². The van der Waals surface area contributed by atoms with Crippen LogP contribution in [0.1, 0.15) is 37.8 Å². The summed E-state index contributed by atoms with van der Waals surface area (Å²) in [6.07, 6.45) is 9.84. The molecule has 1 N–H and O–H groups in total.